The number of aromatic nitrogens is 2. The number of benzene rings is 2. The molecule has 0 aliphatic carbocycles. The molecule has 25 heavy (non-hydrogen) atoms. The predicted octanol–water partition coefficient (Wildman–Crippen LogP) is 5.09. The first-order valence-electron chi connectivity index (χ1n) is 8.19. The summed E-state index contributed by atoms with van der Waals surface area (Å²) < 4.78 is 2.08. The monoisotopic (exact) mass is 323 g/mol. The van der Waals surface area contributed by atoms with Crippen LogP contribution in [0.2, 0.25) is 0 Å². The minimum atomic E-state index is 0.661. The first kappa shape index (κ1) is 15.2. The lowest BCUT2D eigenvalue weighted by atomic mass is 9.95. The Hall–Kier alpha value is -3.38. The summed E-state index contributed by atoms with van der Waals surface area (Å²) in [7, 11) is 2.03. The molecule has 0 aliphatic heterocycles. The van der Waals surface area contributed by atoms with Gasteiger partial charge in [-0.25, -0.2) is 0 Å². The number of hydrogen-bond acceptors (Lipinski definition) is 2. The molecule has 2 aromatic carbocycles. The van der Waals surface area contributed by atoms with E-state index in [1.165, 1.54) is 5.56 Å². The van der Waals surface area contributed by atoms with E-state index < -0.39 is 0 Å². The fourth-order valence-corrected chi connectivity index (χ4v) is 3.17. The lowest BCUT2D eigenvalue weighted by molar-refractivity contribution is 0.965. The van der Waals surface area contributed by atoms with Gasteiger partial charge in [-0.3, -0.25) is 4.98 Å². The van der Waals surface area contributed by atoms with Crippen LogP contribution in [0.25, 0.3) is 33.3 Å². The molecule has 4 aromatic rings. The van der Waals surface area contributed by atoms with Crippen LogP contribution >= 0.6 is 0 Å². The van der Waals surface area contributed by atoms with Crippen molar-refractivity contribution in [1.29, 1.82) is 5.26 Å². The standard InChI is InChI=1S/C22H17N3/c1-15-3-7-18(8-4-15)22-21(17-9-5-16(13-23)6-10-17)19-11-12-25(2)20(19)14-24-22/h3-12,14H,1-2H3. The summed E-state index contributed by atoms with van der Waals surface area (Å²) in [5.74, 6) is 0. The molecular formula is C22H17N3. The van der Waals surface area contributed by atoms with Gasteiger partial charge in [-0.05, 0) is 30.7 Å². The van der Waals surface area contributed by atoms with E-state index >= 15 is 0 Å². The Balaban J connectivity index is 2.02. The second-order valence-corrected chi connectivity index (χ2v) is 6.26. The van der Waals surface area contributed by atoms with Gasteiger partial charge in [-0.1, -0.05) is 42.0 Å². The number of aryl methyl sites for hydroxylation is 2. The first-order chi connectivity index (χ1) is 12.2. The van der Waals surface area contributed by atoms with Gasteiger partial charge in [0, 0.05) is 29.8 Å². The average Bonchev–Trinajstić information content (AvgIpc) is 3.03. The normalized spacial score (nSPS) is 10.8. The zero-order valence-corrected chi connectivity index (χ0v) is 14.2. The second-order valence-electron chi connectivity index (χ2n) is 6.26. The van der Waals surface area contributed by atoms with Gasteiger partial charge in [0.1, 0.15) is 0 Å². The van der Waals surface area contributed by atoms with Crippen molar-refractivity contribution in [1.82, 2.24) is 9.55 Å². The molecule has 2 aromatic heterocycles. The van der Waals surface area contributed by atoms with Crippen LogP contribution in [0, 0.1) is 18.3 Å². The van der Waals surface area contributed by atoms with E-state index in [2.05, 4.69) is 54.1 Å². The average molecular weight is 323 g/mol. The van der Waals surface area contributed by atoms with Crippen LogP contribution in [0.4, 0.5) is 0 Å². The van der Waals surface area contributed by atoms with E-state index in [1.807, 2.05) is 37.5 Å². The molecular weight excluding hydrogens is 306 g/mol. The van der Waals surface area contributed by atoms with Gasteiger partial charge in [0.05, 0.1) is 29.0 Å². The van der Waals surface area contributed by atoms with Crippen LogP contribution in [0.3, 0.4) is 0 Å². The quantitative estimate of drug-likeness (QED) is 0.516. The van der Waals surface area contributed by atoms with Gasteiger partial charge in [-0.15, -0.1) is 0 Å². The lowest BCUT2D eigenvalue weighted by Crippen LogP contribution is -1.93. The molecule has 0 atom stereocenters. The lowest BCUT2D eigenvalue weighted by Gasteiger charge is -2.12. The van der Waals surface area contributed by atoms with Gasteiger partial charge >= 0.3 is 0 Å². The summed E-state index contributed by atoms with van der Waals surface area (Å²) in [5, 5.41) is 10.2. The Bertz CT molecular complexity index is 1100. The van der Waals surface area contributed by atoms with Crippen LogP contribution in [-0.2, 0) is 7.05 Å². The fourth-order valence-electron chi connectivity index (χ4n) is 3.17. The van der Waals surface area contributed by atoms with Crippen LogP contribution in [-0.4, -0.2) is 9.55 Å². The third-order valence-corrected chi connectivity index (χ3v) is 4.57. The van der Waals surface area contributed by atoms with Gasteiger partial charge in [0.25, 0.3) is 0 Å². The SMILES string of the molecule is Cc1ccc(-c2ncc3c(ccn3C)c2-c2ccc(C#N)cc2)cc1. The molecule has 0 fully saturated rings. The van der Waals surface area contributed by atoms with Crippen molar-refractivity contribution >= 4 is 10.9 Å². The Labute approximate surface area is 146 Å². The van der Waals surface area contributed by atoms with Crippen molar-refractivity contribution in [2.75, 3.05) is 0 Å². The summed E-state index contributed by atoms with van der Waals surface area (Å²) in [6.07, 6.45) is 3.98. The zero-order chi connectivity index (χ0) is 17.4. The first-order valence-corrected chi connectivity index (χ1v) is 8.19. The maximum atomic E-state index is 9.07. The molecule has 0 saturated carbocycles. The predicted molar refractivity (Wildman–Crippen MR) is 101 cm³/mol. The number of hydrogen-bond donors (Lipinski definition) is 0. The third kappa shape index (κ3) is 2.58. The Morgan fingerprint density at radius 2 is 1.60 bits per heavy atom. The Morgan fingerprint density at radius 3 is 2.28 bits per heavy atom. The van der Waals surface area contributed by atoms with E-state index in [-0.39, 0.29) is 0 Å². The van der Waals surface area contributed by atoms with Crippen molar-refractivity contribution < 1.29 is 0 Å². The van der Waals surface area contributed by atoms with E-state index in [0.717, 1.165) is 33.3 Å². The Morgan fingerprint density at radius 1 is 0.920 bits per heavy atom. The highest BCUT2D eigenvalue weighted by Gasteiger charge is 2.15. The molecule has 3 nitrogen and oxygen atoms in total. The van der Waals surface area contributed by atoms with Crippen molar-refractivity contribution in [3.05, 3.63) is 78.1 Å². The van der Waals surface area contributed by atoms with Crippen molar-refractivity contribution in [2.45, 2.75) is 6.92 Å². The third-order valence-electron chi connectivity index (χ3n) is 4.57. The second kappa shape index (κ2) is 5.92. The molecule has 2 heterocycles. The molecule has 3 heteroatoms. The van der Waals surface area contributed by atoms with Gasteiger partial charge in [-0.2, -0.15) is 5.26 Å². The van der Waals surface area contributed by atoms with E-state index in [4.69, 9.17) is 10.2 Å². The molecule has 120 valence electrons. The van der Waals surface area contributed by atoms with E-state index in [0.29, 0.717) is 5.56 Å². The molecule has 0 aliphatic rings. The summed E-state index contributed by atoms with van der Waals surface area (Å²) in [5.41, 5.74) is 7.21. The van der Waals surface area contributed by atoms with Crippen molar-refractivity contribution in [3.8, 4) is 28.5 Å². The minimum Gasteiger partial charge on any atom is -0.349 e. The summed E-state index contributed by atoms with van der Waals surface area (Å²) >= 11 is 0. The highest BCUT2D eigenvalue weighted by Crippen LogP contribution is 2.36. The largest absolute Gasteiger partial charge is 0.349 e. The molecule has 0 saturated heterocycles. The summed E-state index contributed by atoms with van der Waals surface area (Å²) in [4.78, 5) is 4.77. The highest BCUT2D eigenvalue weighted by atomic mass is 14.9. The maximum Gasteiger partial charge on any atom is 0.0991 e. The van der Waals surface area contributed by atoms with Crippen LogP contribution in [0.15, 0.2) is 67.0 Å². The molecule has 0 radical (unpaired) electrons. The Kier molecular flexibility index (Phi) is 3.59. The smallest absolute Gasteiger partial charge is 0.0991 e. The van der Waals surface area contributed by atoms with Crippen LogP contribution in [0.1, 0.15) is 11.1 Å². The van der Waals surface area contributed by atoms with E-state index in [9.17, 15) is 0 Å². The maximum absolute atomic E-state index is 9.07. The number of nitrogens with zero attached hydrogens (tertiary/aromatic N) is 3. The number of fused-ring (bicyclic) bond motifs is 1. The van der Waals surface area contributed by atoms with Gasteiger partial charge in [0.2, 0.25) is 0 Å². The van der Waals surface area contributed by atoms with Gasteiger partial charge in [0.15, 0.2) is 0 Å². The molecule has 0 spiro atoms. The summed E-state index contributed by atoms with van der Waals surface area (Å²) in [6, 6.07) is 20.5. The molecule has 4 rings (SSSR count). The number of nitriles is 1. The topological polar surface area (TPSA) is 41.6 Å². The highest BCUT2D eigenvalue weighted by molar-refractivity contribution is 6.01. The molecule has 0 unspecified atom stereocenters. The van der Waals surface area contributed by atoms with Crippen LogP contribution in [0.5, 0.6) is 0 Å². The number of pyridine rings is 1. The molecule has 0 amide bonds. The van der Waals surface area contributed by atoms with Gasteiger partial charge < -0.3 is 4.57 Å². The van der Waals surface area contributed by atoms with Crippen molar-refractivity contribution in [2.24, 2.45) is 7.05 Å². The fraction of sp³-hybridized carbons (Fsp3) is 0.0909. The van der Waals surface area contributed by atoms with E-state index in [1.54, 1.807) is 0 Å². The summed E-state index contributed by atoms with van der Waals surface area (Å²) in [6.45, 7) is 2.08. The zero-order valence-electron chi connectivity index (χ0n) is 14.2. The van der Waals surface area contributed by atoms with Crippen molar-refractivity contribution in [3.63, 3.8) is 0 Å². The van der Waals surface area contributed by atoms with Crippen LogP contribution < -0.4 is 0 Å². The number of rotatable bonds is 2. The minimum absolute atomic E-state index is 0.661. The molecule has 0 bridgehead atoms. The molecule has 0 N–H and O–H groups in total.